The van der Waals surface area contributed by atoms with E-state index < -0.39 is 17.6 Å². The fraction of sp³-hybridized carbons (Fsp3) is 0.192. The van der Waals surface area contributed by atoms with E-state index in [2.05, 4.69) is 33.5 Å². The van der Waals surface area contributed by atoms with Gasteiger partial charge >= 0.3 is 6.18 Å². The normalized spacial score (nSPS) is 11.9. The number of pyridine rings is 1. The third-order valence-corrected chi connectivity index (χ3v) is 5.48. The van der Waals surface area contributed by atoms with Crippen LogP contribution < -0.4 is 5.43 Å². The van der Waals surface area contributed by atoms with E-state index in [0.717, 1.165) is 47.9 Å². The molecule has 1 amide bonds. The molecule has 0 fully saturated rings. The van der Waals surface area contributed by atoms with Crippen LogP contribution in [-0.4, -0.2) is 22.1 Å². The van der Waals surface area contributed by atoms with Crippen LogP contribution in [0.5, 0.6) is 0 Å². The monoisotopic (exact) mass is 464 g/mol. The number of benzene rings is 2. The Morgan fingerprint density at radius 1 is 1.12 bits per heavy atom. The lowest BCUT2D eigenvalue weighted by atomic mass is 10.0. The first-order chi connectivity index (χ1) is 16.4. The molecule has 0 radical (unpaired) electrons. The summed E-state index contributed by atoms with van der Waals surface area (Å²) >= 11 is 0. The lowest BCUT2D eigenvalue weighted by Crippen LogP contribution is -2.18. The Kier molecular flexibility index (Phi) is 6.77. The van der Waals surface area contributed by atoms with Crippen molar-refractivity contribution in [2.75, 3.05) is 0 Å². The molecule has 174 valence electrons. The number of aryl methyl sites for hydroxylation is 1. The Bertz CT molecular complexity index is 1310. The average Bonchev–Trinajstić information content (AvgIpc) is 3.20. The van der Waals surface area contributed by atoms with E-state index in [9.17, 15) is 18.0 Å². The second kappa shape index (κ2) is 9.91. The molecule has 2 aromatic carbocycles. The number of aromatic amines is 1. The molecule has 2 N–H and O–H groups in total. The number of alkyl halides is 3. The molecular weight excluding hydrogens is 441 g/mol. The fourth-order valence-electron chi connectivity index (χ4n) is 3.69. The van der Waals surface area contributed by atoms with E-state index in [-0.39, 0.29) is 5.69 Å². The summed E-state index contributed by atoms with van der Waals surface area (Å²) in [5.74, 6) is -0.462. The summed E-state index contributed by atoms with van der Waals surface area (Å²) < 4.78 is 39.1. The highest BCUT2D eigenvalue weighted by molar-refractivity contribution is 6.06. The number of hydrogen-bond acceptors (Lipinski definition) is 3. The summed E-state index contributed by atoms with van der Waals surface area (Å²) in [5, 5.41) is 4.98. The number of amides is 1. The first-order valence-electron chi connectivity index (χ1n) is 10.9. The van der Waals surface area contributed by atoms with Gasteiger partial charge in [0.05, 0.1) is 17.5 Å². The molecule has 0 spiro atoms. The number of fused-ring (bicyclic) bond motifs is 1. The number of halogens is 3. The summed E-state index contributed by atoms with van der Waals surface area (Å²) in [6.45, 7) is 2.12. The predicted octanol–water partition coefficient (Wildman–Crippen LogP) is 6.36. The first-order valence-corrected chi connectivity index (χ1v) is 10.9. The molecule has 4 rings (SSSR count). The minimum Gasteiger partial charge on any atom is -0.354 e. The highest BCUT2D eigenvalue weighted by Crippen LogP contribution is 2.34. The number of hydrazone groups is 1. The lowest BCUT2D eigenvalue weighted by Gasteiger charge is -2.07. The smallest absolute Gasteiger partial charge is 0.354 e. The number of rotatable bonds is 7. The van der Waals surface area contributed by atoms with E-state index in [4.69, 9.17) is 0 Å². The number of aromatic nitrogens is 2. The summed E-state index contributed by atoms with van der Waals surface area (Å²) in [4.78, 5) is 19.6. The highest BCUT2D eigenvalue weighted by atomic mass is 19.4. The predicted molar refractivity (Wildman–Crippen MR) is 127 cm³/mol. The second-order valence-electron chi connectivity index (χ2n) is 7.89. The first kappa shape index (κ1) is 23.2. The van der Waals surface area contributed by atoms with E-state index in [0.29, 0.717) is 16.8 Å². The molecule has 0 aliphatic heterocycles. The van der Waals surface area contributed by atoms with Crippen molar-refractivity contribution in [2.45, 2.75) is 32.4 Å². The van der Waals surface area contributed by atoms with Crippen LogP contribution in [0.25, 0.3) is 22.2 Å². The van der Waals surface area contributed by atoms with Crippen LogP contribution in [0.4, 0.5) is 13.2 Å². The van der Waals surface area contributed by atoms with Gasteiger partial charge in [-0.3, -0.25) is 9.78 Å². The van der Waals surface area contributed by atoms with E-state index in [1.54, 1.807) is 18.2 Å². The Morgan fingerprint density at radius 3 is 2.59 bits per heavy atom. The van der Waals surface area contributed by atoms with Crippen LogP contribution in [0.3, 0.4) is 0 Å². The Balaban J connectivity index is 1.72. The van der Waals surface area contributed by atoms with Crippen molar-refractivity contribution in [1.82, 2.24) is 15.4 Å². The van der Waals surface area contributed by atoms with E-state index >= 15 is 0 Å². The molecule has 0 saturated carbocycles. The molecule has 0 unspecified atom stereocenters. The molecule has 0 saturated heterocycles. The molecule has 4 aromatic rings. The maximum Gasteiger partial charge on any atom is 0.416 e. The number of carbonyl (C=O) groups excluding carboxylic acids is 1. The standard InChI is InChI=1S/C26H23F3N4O/c1-2-3-6-17-8-13-22-20(15-17)21(16-31-33-25(34)23-7-4-5-14-30-23)24(32-22)18-9-11-19(12-10-18)26(27,28)29/h4-5,7-16,32H,2-3,6H2,1H3,(H,33,34)/b31-16+. The zero-order valence-corrected chi connectivity index (χ0v) is 18.5. The maximum absolute atomic E-state index is 13.0. The van der Waals surface area contributed by atoms with Gasteiger partial charge in [-0.2, -0.15) is 18.3 Å². The van der Waals surface area contributed by atoms with Crippen LogP contribution in [0.1, 0.15) is 46.9 Å². The summed E-state index contributed by atoms with van der Waals surface area (Å²) in [6, 6.07) is 16.0. The van der Waals surface area contributed by atoms with Crippen molar-refractivity contribution >= 4 is 23.0 Å². The second-order valence-corrected chi connectivity index (χ2v) is 7.89. The van der Waals surface area contributed by atoms with Crippen molar-refractivity contribution in [2.24, 2.45) is 5.10 Å². The average molecular weight is 464 g/mol. The van der Waals surface area contributed by atoms with E-state index in [1.807, 2.05) is 12.1 Å². The molecule has 0 atom stereocenters. The zero-order chi connectivity index (χ0) is 24.1. The van der Waals surface area contributed by atoms with Crippen LogP contribution in [0.2, 0.25) is 0 Å². The molecule has 34 heavy (non-hydrogen) atoms. The van der Waals surface area contributed by atoms with Gasteiger partial charge in [-0.25, -0.2) is 5.43 Å². The number of hydrogen-bond donors (Lipinski definition) is 2. The number of nitrogens with zero attached hydrogens (tertiary/aromatic N) is 2. The van der Waals surface area contributed by atoms with Crippen molar-refractivity contribution in [3.8, 4) is 11.3 Å². The van der Waals surface area contributed by atoms with Crippen LogP contribution >= 0.6 is 0 Å². The van der Waals surface area contributed by atoms with Gasteiger partial charge in [0.2, 0.25) is 0 Å². The third kappa shape index (κ3) is 5.17. The van der Waals surface area contributed by atoms with Gasteiger partial charge in [0, 0.05) is 22.7 Å². The Hall–Kier alpha value is -3.94. The van der Waals surface area contributed by atoms with Crippen molar-refractivity contribution in [1.29, 1.82) is 0 Å². The van der Waals surface area contributed by atoms with Crippen LogP contribution in [0, 0.1) is 0 Å². The van der Waals surface area contributed by atoms with Gasteiger partial charge in [-0.1, -0.05) is 37.6 Å². The topological polar surface area (TPSA) is 70.1 Å². The maximum atomic E-state index is 13.0. The molecule has 0 bridgehead atoms. The van der Waals surface area contributed by atoms with Gasteiger partial charge in [-0.05, 0) is 60.4 Å². The number of carbonyl (C=O) groups is 1. The largest absolute Gasteiger partial charge is 0.416 e. The quantitative estimate of drug-likeness (QED) is 0.247. The summed E-state index contributed by atoms with van der Waals surface area (Å²) in [7, 11) is 0. The SMILES string of the molecule is CCCCc1ccc2[nH]c(-c3ccc(C(F)(F)F)cc3)c(/C=N/NC(=O)c3ccccn3)c2c1. The van der Waals surface area contributed by atoms with Crippen LogP contribution in [0.15, 0.2) is 72.0 Å². The van der Waals surface area contributed by atoms with E-state index in [1.165, 1.54) is 24.5 Å². The van der Waals surface area contributed by atoms with Gasteiger partial charge in [-0.15, -0.1) is 0 Å². The molecule has 8 heteroatoms. The highest BCUT2D eigenvalue weighted by Gasteiger charge is 2.30. The van der Waals surface area contributed by atoms with Gasteiger partial charge in [0.1, 0.15) is 5.69 Å². The van der Waals surface area contributed by atoms with Gasteiger partial charge in [0.15, 0.2) is 0 Å². The lowest BCUT2D eigenvalue weighted by molar-refractivity contribution is -0.137. The molecular formula is C26H23F3N4O. The number of nitrogens with one attached hydrogen (secondary N) is 2. The number of unbranched alkanes of at least 4 members (excludes halogenated alkanes) is 1. The minimum absolute atomic E-state index is 0.225. The van der Waals surface area contributed by atoms with Gasteiger partial charge in [0.25, 0.3) is 5.91 Å². The fourth-order valence-corrected chi connectivity index (χ4v) is 3.69. The minimum atomic E-state index is -4.41. The van der Waals surface area contributed by atoms with Crippen molar-refractivity contribution in [3.63, 3.8) is 0 Å². The van der Waals surface area contributed by atoms with Gasteiger partial charge < -0.3 is 4.98 Å². The third-order valence-electron chi connectivity index (χ3n) is 5.48. The molecule has 5 nitrogen and oxygen atoms in total. The molecule has 0 aliphatic carbocycles. The Labute approximate surface area is 194 Å². The zero-order valence-electron chi connectivity index (χ0n) is 18.5. The number of H-pyrrole nitrogens is 1. The Morgan fingerprint density at radius 2 is 1.91 bits per heavy atom. The molecule has 2 heterocycles. The van der Waals surface area contributed by atoms with Crippen LogP contribution in [-0.2, 0) is 12.6 Å². The van der Waals surface area contributed by atoms with Crippen molar-refractivity contribution in [3.05, 3.63) is 89.2 Å². The van der Waals surface area contributed by atoms with Crippen molar-refractivity contribution < 1.29 is 18.0 Å². The molecule has 0 aliphatic rings. The summed E-state index contributed by atoms with van der Waals surface area (Å²) in [6.07, 6.45) is 1.64. The summed E-state index contributed by atoms with van der Waals surface area (Å²) in [5.41, 5.74) is 5.83. The molecule has 2 aromatic heterocycles.